The van der Waals surface area contributed by atoms with Gasteiger partial charge >= 0.3 is 0 Å². The minimum atomic E-state index is -3.73. The number of nitrogens with one attached hydrogen (secondary N) is 1. The highest BCUT2D eigenvalue weighted by Crippen LogP contribution is 2.18. The van der Waals surface area contributed by atoms with Gasteiger partial charge in [0.25, 0.3) is 10.0 Å². The lowest BCUT2D eigenvalue weighted by Crippen LogP contribution is -2.25. The Morgan fingerprint density at radius 3 is 2.40 bits per heavy atom. The van der Waals surface area contributed by atoms with Gasteiger partial charge < -0.3 is 5.32 Å². The summed E-state index contributed by atoms with van der Waals surface area (Å²) in [4.78, 5) is 16.7. The molecule has 0 aliphatic rings. The third-order valence-corrected chi connectivity index (χ3v) is 5.30. The van der Waals surface area contributed by atoms with Crippen molar-refractivity contribution in [2.75, 3.05) is 19.5 Å². The van der Waals surface area contributed by atoms with E-state index in [1.165, 1.54) is 44.5 Å². The third kappa shape index (κ3) is 4.85. The monoisotopic (exact) mass is 366 g/mol. The molecule has 25 heavy (non-hydrogen) atoms. The van der Waals surface area contributed by atoms with Crippen molar-refractivity contribution in [2.45, 2.75) is 17.7 Å². The Hall–Kier alpha value is -2.29. The molecule has 0 radical (unpaired) electrons. The van der Waals surface area contributed by atoms with Gasteiger partial charge in [-0.1, -0.05) is 22.7 Å². The lowest BCUT2D eigenvalue weighted by Gasteiger charge is -2.14. The third-order valence-electron chi connectivity index (χ3n) is 3.61. The average molecular weight is 366 g/mol. The van der Waals surface area contributed by atoms with Crippen LogP contribution < -0.4 is 5.32 Å². The fraction of sp³-hybridized carbons (Fsp3) is 0.235. The first-order valence-electron chi connectivity index (χ1n) is 7.51. The highest BCUT2D eigenvalue weighted by molar-refractivity contribution is 7.89. The zero-order valence-corrected chi connectivity index (χ0v) is 14.7. The minimum Gasteiger partial charge on any atom is -0.326 e. The zero-order chi connectivity index (χ0) is 18.4. The number of hydrogen-bond acceptors (Lipinski definition) is 4. The predicted octanol–water partition coefficient (Wildman–Crippen LogP) is 2.58. The fourth-order valence-electron chi connectivity index (χ4n) is 2.13. The Morgan fingerprint density at radius 1 is 1.16 bits per heavy atom. The van der Waals surface area contributed by atoms with E-state index in [1.54, 1.807) is 18.2 Å². The number of amides is 1. The van der Waals surface area contributed by atoms with Crippen LogP contribution in [0.5, 0.6) is 0 Å². The molecule has 6 nitrogen and oxygen atoms in total. The first-order chi connectivity index (χ1) is 11.8. The van der Waals surface area contributed by atoms with Crippen molar-refractivity contribution in [3.63, 3.8) is 0 Å². The maximum atomic E-state index is 13.5. The summed E-state index contributed by atoms with van der Waals surface area (Å²) >= 11 is 0. The molecule has 0 saturated heterocycles. The van der Waals surface area contributed by atoms with Crippen LogP contribution in [0.15, 0.2) is 53.4 Å². The second kappa shape index (κ2) is 8.19. The number of hydrogen-bond donors (Lipinski definition) is 1. The van der Waals surface area contributed by atoms with Crippen molar-refractivity contribution in [3.8, 4) is 0 Å². The van der Waals surface area contributed by atoms with E-state index in [2.05, 4.69) is 5.32 Å². The van der Waals surface area contributed by atoms with Gasteiger partial charge in [0.05, 0.1) is 12.0 Å². The zero-order valence-electron chi connectivity index (χ0n) is 13.9. The van der Waals surface area contributed by atoms with Crippen LogP contribution in [0.4, 0.5) is 10.1 Å². The van der Waals surface area contributed by atoms with Gasteiger partial charge in [0.1, 0.15) is 5.82 Å². The Labute approximate surface area is 146 Å². The first kappa shape index (κ1) is 19.0. The van der Waals surface area contributed by atoms with E-state index >= 15 is 0 Å². The van der Waals surface area contributed by atoms with Crippen molar-refractivity contribution < 1.29 is 22.4 Å². The summed E-state index contributed by atoms with van der Waals surface area (Å²) in [7, 11) is -1.19. The van der Waals surface area contributed by atoms with Gasteiger partial charge in [-0.05, 0) is 42.3 Å². The summed E-state index contributed by atoms with van der Waals surface area (Å²) in [5.74, 6) is -0.625. The van der Waals surface area contributed by atoms with Crippen molar-refractivity contribution in [1.82, 2.24) is 4.47 Å². The number of hydroxylamine groups is 1. The molecule has 2 aromatic rings. The summed E-state index contributed by atoms with van der Waals surface area (Å²) in [5, 5.41) is 2.65. The fourth-order valence-corrected chi connectivity index (χ4v) is 3.10. The first-order valence-corrected chi connectivity index (χ1v) is 8.95. The smallest absolute Gasteiger partial charge is 0.264 e. The van der Waals surface area contributed by atoms with Gasteiger partial charge in [-0.15, -0.1) is 0 Å². The van der Waals surface area contributed by atoms with Crippen LogP contribution in [0.1, 0.15) is 12.0 Å². The standard InChI is InChI=1S/C17H19FN2O4S/c1-20(24-2)25(22,23)15-10-8-14(9-11-15)19-17(21)12-7-13-5-3-4-6-16(13)18/h3-6,8-11H,7,12H2,1-2H3,(H,19,21). The molecular formula is C17H19FN2O4S. The summed E-state index contributed by atoms with van der Waals surface area (Å²) < 4.78 is 38.4. The van der Waals surface area contributed by atoms with Crippen LogP contribution >= 0.6 is 0 Å². The van der Waals surface area contributed by atoms with Gasteiger partial charge in [-0.2, -0.15) is 0 Å². The highest BCUT2D eigenvalue weighted by atomic mass is 32.2. The Kier molecular flexibility index (Phi) is 6.24. The van der Waals surface area contributed by atoms with E-state index in [-0.39, 0.29) is 29.5 Å². The Bertz CT molecular complexity index is 838. The molecule has 0 aromatic heterocycles. The molecule has 1 N–H and O–H groups in total. The van der Waals surface area contributed by atoms with E-state index in [1.807, 2.05) is 0 Å². The second-order valence-corrected chi connectivity index (χ2v) is 7.20. The van der Waals surface area contributed by atoms with Crippen molar-refractivity contribution in [1.29, 1.82) is 0 Å². The number of sulfonamides is 1. The van der Waals surface area contributed by atoms with E-state index < -0.39 is 10.0 Å². The molecule has 0 heterocycles. The molecule has 0 aliphatic carbocycles. The van der Waals surface area contributed by atoms with Gasteiger partial charge in [0.2, 0.25) is 5.91 Å². The van der Waals surface area contributed by atoms with Crippen LogP contribution in [0, 0.1) is 5.82 Å². The molecule has 8 heteroatoms. The number of halogens is 1. The van der Waals surface area contributed by atoms with Crippen LogP contribution in [-0.4, -0.2) is 33.0 Å². The molecular weight excluding hydrogens is 347 g/mol. The molecule has 0 unspecified atom stereocenters. The lowest BCUT2D eigenvalue weighted by atomic mass is 10.1. The minimum absolute atomic E-state index is 0.0428. The summed E-state index contributed by atoms with van der Waals surface area (Å²) in [6, 6.07) is 12.0. The SMILES string of the molecule is CON(C)S(=O)(=O)c1ccc(NC(=O)CCc2ccccc2F)cc1. The van der Waals surface area contributed by atoms with Gasteiger partial charge in [0.15, 0.2) is 0 Å². The van der Waals surface area contributed by atoms with E-state index in [9.17, 15) is 17.6 Å². The van der Waals surface area contributed by atoms with Crippen LogP contribution in [-0.2, 0) is 26.1 Å². The topological polar surface area (TPSA) is 75.7 Å². The van der Waals surface area contributed by atoms with E-state index in [0.717, 1.165) is 4.47 Å². The van der Waals surface area contributed by atoms with E-state index in [0.29, 0.717) is 11.3 Å². The van der Waals surface area contributed by atoms with Crippen molar-refractivity contribution >= 4 is 21.6 Å². The number of anilines is 1. The predicted molar refractivity (Wildman–Crippen MR) is 91.8 cm³/mol. The molecule has 2 rings (SSSR count). The highest BCUT2D eigenvalue weighted by Gasteiger charge is 2.20. The van der Waals surface area contributed by atoms with Gasteiger partial charge in [-0.25, -0.2) is 12.8 Å². The molecule has 0 atom stereocenters. The quantitative estimate of drug-likeness (QED) is 0.764. The average Bonchev–Trinajstić information content (AvgIpc) is 2.60. The largest absolute Gasteiger partial charge is 0.326 e. The number of benzene rings is 2. The van der Waals surface area contributed by atoms with Crippen molar-refractivity contribution in [3.05, 3.63) is 59.9 Å². The molecule has 0 spiro atoms. The maximum absolute atomic E-state index is 13.5. The number of aryl methyl sites for hydroxylation is 1. The van der Waals surface area contributed by atoms with Crippen LogP contribution in [0.2, 0.25) is 0 Å². The summed E-state index contributed by atoms with van der Waals surface area (Å²) in [5.41, 5.74) is 0.930. The summed E-state index contributed by atoms with van der Waals surface area (Å²) in [6.45, 7) is 0. The molecule has 0 aliphatic heterocycles. The maximum Gasteiger partial charge on any atom is 0.264 e. The molecule has 0 saturated carbocycles. The van der Waals surface area contributed by atoms with E-state index in [4.69, 9.17) is 4.84 Å². The molecule has 134 valence electrons. The Morgan fingerprint density at radius 2 is 1.80 bits per heavy atom. The number of nitrogens with zero attached hydrogens (tertiary/aromatic N) is 1. The summed E-state index contributed by atoms with van der Waals surface area (Å²) in [6.07, 6.45) is 0.400. The Balaban J connectivity index is 1.97. The number of rotatable bonds is 7. The van der Waals surface area contributed by atoms with Crippen LogP contribution in [0.3, 0.4) is 0 Å². The molecule has 1 amide bonds. The number of carbonyl (C=O) groups excluding carboxylic acids is 1. The van der Waals surface area contributed by atoms with Gasteiger partial charge in [0, 0.05) is 19.2 Å². The lowest BCUT2D eigenvalue weighted by molar-refractivity contribution is -0.116. The van der Waals surface area contributed by atoms with Crippen LogP contribution in [0.25, 0.3) is 0 Å². The molecule has 0 bridgehead atoms. The normalized spacial score (nSPS) is 11.5. The molecule has 2 aromatic carbocycles. The van der Waals surface area contributed by atoms with Crippen molar-refractivity contribution in [2.24, 2.45) is 0 Å². The molecule has 0 fully saturated rings. The second-order valence-electron chi connectivity index (χ2n) is 5.26. The number of carbonyl (C=O) groups is 1. The van der Waals surface area contributed by atoms with Gasteiger partial charge in [-0.3, -0.25) is 9.63 Å².